The molecule has 0 saturated carbocycles. The third-order valence-corrected chi connectivity index (χ3v) is 3.88. The number of halogens is 3. The summed E-state index contributed by atoms with van der Waals surface area (Å²) < 4.78 is 42.7. The highest BCUT2D eigenvalue weighted by Crippen LogP contribution is 2.33. The molecule has 0 radical (unpaired) electrons. The number of nitrogen functional groups attached to an aromatic ring is 1. The second-order valence-corrected chi connectivity index (χ2v) is 5.50. The molecule has 0 fully saturated rings. The van der Waals surface area contributed by atoms with E-state index in [1.807, 2.05) is 0 Å². The summed E-state index contributed by atoms with van der Waals surface area (Å²) in [7, 11) is 0. The van der Waals surface area contributed by atoms with Gasteiger partial charge in [0, 0.05) is 5.56 Å². The molecule has 0 bridgehead atoms. The highest BCUT2D eigenvalue weighted by atomic mass is 32.1. The lowest BCUT2D eigenvalue weighted by atomic mass is 10.1. The van der Waals surface area contributed by atoms with Gasteiger partial charge in [-0.15, -0.1) is 0 Å². The molecule has 3 rings (SSSR count). The summed E-state index contributed by atoms with van der Waals surface area (Å²) in [5.74, 6) is 0.441. The highest BCUT2D eigenvalue weighted by Gasteiger charge is 2.30. The van der Waals surface area contributed by atoms with Gasteiger partial charge in [0.1, 0.15) is 4.88 Å². The van der Waals surface area contributed by atoms with Crippen LogP contribution in [-0.2, 0) is 6.18 Å². The fraction of sp³-hybridized carbons (Fsp3) is 0.154. The number of aromatic nitrogens is 3. The lowest BCUT2D eigenvalue weighted by Gasteiger charge is -2.05. The molecule has 0 unspecified atom stereocenters. The third kappa shape index (κ3) is 2.67. The monoisotopic (exact) mass is 326 g/mol. The van der Waals surface area contributed by atoms with Gasteiger partial charge in [0.25, 0.3) is 5.89 Å². The Hall–Kier alpha value is -2.42. The topological polar surface area (TPSA) is 77.8 Å². The molecule has 22 heavy (non-hydrogen) atoms. The van der Waals surface area contributed by atoms with Crippen LogP contribution in [0.2, 0.25) is 0 Å². The fourth-order valence-corrected chi connectivity index (χ4v) is 2.61. The van der Waals surface area contributed by atoms with Gasteiger partial charge in [0.15, 0.2) is 5.13 Å². The van der Waals surface area contributed by atoms with E-state index in [0.29, 0.717) is 21.3 Å². The fourth-order valence-electron chi connectivity index (χ4n) is 1.86. The number of thiazole rings is 1. The number of anilines is 1. The lowest BCUT2D eigenvalue weighted by molar-refractivity contribution is -0.137. The van der Waals surface area contributed by atoms with Crippen LogP contribution in [0.5, 0.6) is 0 Å². The Morgan fingerprint density at radius 3 is 2.36 bits per heavy atom. The van der Waals surface area contributed by atoms with Crippen molar-refractivity contribution in [2.45, 2.75) is 13.1 Å². The summed E-state index contributed by atoms with van der Waals surface area (Å²) in [6.45, 7) is 1.75. The SMILES string of the molecule is Cc1nc(N)sc1-c1nc(-c2ccc(C(F)(F)F)cc2)no1. The van der Waals surface area contributed by atoms with Crippen LogP contribution in [0.3, 0.4) is 0 Å². The van der Waals surface area contributed by atoms with Crippen molar-refractivity contribution in [2.75, 3.05) is 5.73 Å². The average molecular weight is 326 g/mol. The number of hydrogen-bond donors (Lipinski definition) is 1. The molecule has 2 N–H and O–H groups in total. The molecule has 0 aliphatic rings. The predicted octanol–water partition coefficient (Wildman–Crippen LogP) is 3.77. The lowest BCUT2D eigenvalue weighted by Crippen LogP contribution is -2.04. The van der Waals surface area contributed by atoms with Crippen molar-refractivity contribution in [3.05, 3.63) is 35.5 Å². The number of nitrogens with two attached hydrogens (primary N) is 1. The molecule has 0 spiro atoms. The van der Waals surface area contributed by atoms with Gasteiger partial charge in [-0.2, -0.15) is 18.2 Å². The molecule has 114 valence electrons. The van der Waals surface area contributed by atoms with Gasteiger partial charge in [0.05, 0.1) is 11.3 Å². The van der Waals surface area contributed by atoms with Crippen LogP contribution in [0.25, 0.3) is 22.2 Å². The first-order valence-corrected chi connectivity index (χ1v) is 6.91. The summed E-state index contributed by atoms with van der Waals surface area (Å²) in [4.78, 5) is 8.87. The number of benzene rings is 1. The molecule has 1 aromatic carbocycles. The number of hydrogen-bond acceptors (Lipinski definition) is 6. The van der Waals surface area contributed by atoms with Gasteiger partial charge >= 0.3 is 6.18 Å². The summed E-state index contributed by atoms with van der Waals surface area (Å²) in [6.07, 6.45) is -4.38. The Bertz CT molecular complexity index is 808. The maximum Gasteiger partial charge on any atom is 0.416 e. The Balaban J connectivity index is 1.92. The predicted molar refractivity (Wildman–Crippen MR) is 75.0 cm³/mol. The minimum Gasteiger partial charge on any atom is -0.375 e. The summed E-state index contributed by atoms with van der Waals surface area (Å²) in [5.41, 5.74) is 5.96. The van der Waals surface area contributed by atoms with E-state index in [1.54, 1.807) is 6.92 Å². The van der Waals surface area contributed by atoms with Crippen LogP contribution >= 0.6 is 11.3 Å². The van der Waals surface area contributed by atoms with Crippen molar-refractivity contribution in [1.82, 2.24) is 15.1 Å². The van der Waals surface area contributed by atoms with Gasteiger partial charge in [-0.1, -0.05) is 28.6 Å². The van der Waals surface area contributed by atoms with E-state index in [9.17, 15) is 13.2 Å². The minimum atomic E-state index is -4.38. The average Bonchev–Trinajstić information content (AvgIpc) is 3.04. The Morgan fingerprint density at radius 2 is 1.82 bits per heavy atom. The summed E-state index contributed by atoms with van der Waals surface area (Å²) in [6, 6.07) is 4.54. The summed E-state index contributed by atoms with van der Waals surface area (Å²) >= 11 is 1.20. The van der Waals surface area contributed by atoms with Crippen molar-refractivity contribution < 1.29 is 17.7 Å². The zero-order chi connectivity index (χ0) is 15.9. The van der Waals surface area contributed by atoms with E-state index < -0.39 is 11.7 Å². The molecule has 0 amide bonds. The van der Waals surface area contributed by atoms with Crippen LogP contribution in [-0.4, -0.2) is 15.1 Å². The van der Waals surface area contributed by atoms with E-state index in [4.69, 9.17) is 10.3 Å². The van der Waals surface area contributed by atoms with Crippen LogP contribution in [0.4, 0.5) is 18.3 Å². The molecular formula is C13H9F3N4OS. The summed E-state index contributed by atoms with van der Waals surface area (Å²) in [5, 5.41) is 4.15. The van der Waals surface area contributed by atoms with Crippen molar-refractivity contribution in [1.29, 1.82) is 0 Å². The number of alkyl halides is 3. The molecule has 9 heteroatoms. The third-order valence-electron chi connectivity index (χ3n) is 2.90. The number of rotatable bonds is 2. The van der Waals surface area contributed by atoms with Gasteiger partial charge < -0.3 is 10.3 Å². The maximum atomic E-state index is 12.5. The molecule has 3 aromatic rings. The Kier molecular flexibility index (Phi) is 3.36. The van der Waals surface area contributed by atoms with Crippen molar-refractivity contribution in [3.8, 4) is 22.2 Å². The van der Waals surface area contributed by atoms with Crippen molar-refractivity contribution >= 4 is 16.5 Å². The second kappa shape index (κ2) is 5.09. The zero-order valence-electron chi connectivity index (χ0n) is 11.2. The van der Waals surface area contributed by atoms with E-state index >= 15 is 0 Å². The van der Waals surface area contributed by atoms with Gasteiger partial charge in [-0.3, -0.25) is 0 Å². The second-order valence-electron chi connectivity index (χ2n) is 4.46. The molecule has 0 atom stereocenters. The van der Waals surface area contributed by atoms with Crippen molar-refractivity contribution in [2.24, 2.45) is 0 Å². The van der Waals surface area contributed by atoms with Crippen LogP contribution < -0.4 is 5.73 Å². The molecule has 0 saturated heterocycles. The molecule has 2 aromatic heterocycles. The van der Waals surface area contributed by atoms with E-state index in [-0.39, 0.29) is 11.7 Å². The molecule has 5 nitrogen and oxygen atoms in total. The molecule has 2 heterocycles. The first-order chi connectivity index (χ1) is 10.3. The van der Waals surface area contributed by atoms with Crippen LogP contribution in [0.15, 0.2) is 28.8 Å². The quantitative estimate of drug-likeness (QED) is 0.775. The first-order valence-electron chi connectivity index (χ1n) is 6.09. The van der Waals surface area contributed by atoms with Gasteiger partial charge in [0.2, 0.25) is 5.82 Å². The highest BCUT2D eigenvalue weighted by molar-refractivity contribution is 7.18. The maximum absolute atomic E-state index is 12.5. The van der Waals surface area contributed by atoms with Crippen molar-refractivity contribution in [3.63, 3.8) is 0 Å². The van der Waals surface area contributed by atoms with Crippen LogP contribution in [0, 0.1) is 6.92 Å². The van der Waals surface area contributed by atoms with Gasteiger partial charge in [-0.25, -0.2) is 4.98 Å². The van der Waals surface area contributed by atoms with Gasteiger partial charge in [-0.05, 0) is 19.1 Å². The standard InChI is InChI=1S/C13H9F3N4OS/c1-6-9(22-12(17)18-6)11-19-10(20-21-11)7-2-4-8(5-3-7)13(14,15)16/h2-5H,1H3,(H2,17,18). The van der Waals surface area contributed by atoms with E-state index in [1.165, 1.54) is 23.5 Å². The van der Waals surface area contributed by atoms with E-state index in [0.717, 1.165) is 12.1 Å². The minimum absolute atomic E-state index is 0.204. The molecular weight excluding hydrogens is 317 g/mol. The molecule has 0 aliphatic heterocycles. The smallest absolute Gasteiger partial charge is 0.375 e. The first kappa shape index (κ1) is 14.5. The van der Waals surface area contributed by atoms with E-state index in [2.05, 4.69) is 15.1 Å². The molecule has 0 aliphatic carbocycles. The normalized spacial score (nSPS) is 11.8. The largest absolute Gasteiger partial charge is 0.416 e. The zero-order valence-corrected chi connectivity index (χ0v) is 12.0. The Labute approximate surface area is 126 Å². The Morgan fingerprint density at radius 1 is 1.14 bits per heavy atom. The number of aryl methyl sites for hydroxylation is 1. The van der Waals surface area contributed by atoms with Crippen LogP contribution in [0.1, 0.15) is 11.3 Å². The number of nitrogens with zero attached hydrogens (tertiary/aromatic N) is 3.